The fourth-order valence-corrected chi connectivity index (χ4v) is 1.37. The lowest BCUT2D eigenvalue weighted by atomic mass is 10.3. The van der Waals surface area contributed by atoms with Gasteiger partial charge in [-0.05, 0) is 19.2 Å². The molecular weight excluding hydrogens is 226 g/mol. The zero-order valence-electron chi connectivity index (χ0n) is 9.54. The van der Waals surface area contributed by atoms with Crippen LogP contribution in [0.1, 0.15) is 6.42 Å². The Labute approximate surface area is 102 Å². The molecule has 0 radical (unpaired) electrons. The Kier molecular flexibility index (Phi) is 6.97. The van der Waals surface area contributed by atoms with Crippen molar-refractivity contribution in [1.29, 1.82) is 0 Å². The molecule has 0 aliphatic heterocycles. The Bertz CT molecular complexity index is 294. The van der Waals surface area contributed by atoms with E-state index in [0.29, 0.717) is 18.2 Å². The summed E-state index contributed by atoms with van der Waals surface area (Å²) < 4.78 is 10.9. The van der Waals surface area contributed by atoms with Crippen LogP contribution in [0.15, 0.2) is 24.3 Å². The number of hydrogen-bond donors (Lipinski definition) is 1. The number of benzene rings is 1. The van der Waals surface area contributed by atoms with Gasteiger partial charge in [0.2, 0.25) is 0 Å². The van der Waals surface area contributed by atoms with Crippen LogP contribution in [-0.2, 0) is 4.74 Å². The van der Waals surface area contributed by atoms with Crippen molar-refractivity contribution in [3.8, 4) is 5.75 Å². The maximum absolute atomic E-state index is 5.94. The van der Waals surface area contributed by atoms with Crippen molar-refractivity contribution in [2.45, 2.75) is 6.42 Å². The molecule has 0 aliphatic rings. The van der Waals surface area contributed by atoms with Crippen LogP contribution in [0.25, 0.3) is 0 Å². The molecule has 1 rings (SSSR count). The van der Waals surface area contributed by atoms with Crippen LogP contribution in [0.5, 0.6) is 5.75 Å². The number of hydrogen-bond acceptors (Lipinski definition) is 3. The lowest BCUT2D eigenvalue weighted by Crippen LogP contribution is -2.15. The third kappa shape index (κ3) is 5.35. The van der Waals surface area contributed by atoms with E-state index in [0.717, 1.165) is 25.3 Å². The summed E-state index contributed by atoms with van der Waals surface area (Å²) >= 11 is 5.94. The minimum absolute atomic E-state index is 0.628. The van der Waals surface area contributed by atoms with E-state index in [1.807, 2.05) is 31.3 Å². The summed E-state index contributed by atoms with van der Waals surface area (Å²) in [5.74, 6) is 0.736. The lowest BCUT2D eigenvalue weighted by Gasteiger charge is -2.07. The predicted molar refractivity (Wildman–Crippen MR) is 66.3 cm³/mol. The molecule has 0 saturated carbocycles. The standard InChI is InChI=1S/C12H18ClNO2/c1-14-7-10-15-8-4-9-16-12-6-3-2-5-11(12)13/h2-3,5-6,14H,4,7-10H2,1H3. The molecule has 0 bridgehead atoms. The van der Waals surface area contributed by atoms with Crippen molar-refractivity contribution in [3.05, 3.63) is 29.3 Å². The van der Waals surface area contributed by atoms with Crippen LogP contribution < -0.4 is 10.1 Å². The fourth-order valence-electron chi connectivity index (χ4n) is 1.18. The van der Waals surface area contributed by atoms with E-state index in [1.54, 1.807) is 0 Å². The monoisotopic (exact) mass is 243 g/mol. The minimum atomic E-state index is 0.628. The highest BCUT2D eigenvalue weighted by atomic mass is 35.5. The lowest BCUT2D eigenvalue weighted by molar-refractivity contribution is 0.122. The Hall–Kier alpha value is -0.770. The molecule has 0 heterocycles. The molecule has 0 amide bonds. The van der Waals surface area contributed by atoms with Crippen LogP contribution in [0.3, 0.4) is 0 Å². The van der Waals surface area contributed by atoms with Crippen molar-refractivity contribution in [1.82, 2.24) is 5.32 Å². The SMILES string of the molecule is CNCCOCCCOc1ccccc1Cl. The molecule has 3 nitrogen and oxygen atoms in total. The smallest absolute Gasteiger partial charge is 0.137 e. The largest absolute Gasteiger partial charge is 0.492 e. The van der Waals surface area contributed by atoms with Crippen LogP contribution in [-0.4, -0.2) is 33.4 Å². The molecule has 0 fully saturated rings. The summed E-state index contributed by atoms with van der Waals surface area (Å²) in [6.07, 6.45) is 0.870. The van der Waals surface area contributed by atoms with Gasteiger partial charge in [0.25, 0.3) is 0 Å². The van der Waals surface area contributed by atoms with Gasteiger partial charge in [-0.2, -0.15) is 0 Å². The number of ether oxygens (including phenoxy) is 2. The third-order valence-electron chi connectivity index (χ3n) is 2.02. The minimum Gasteiger partial charge on any atom is -0.492 e. The predicted octanol–water partition coefficient (Wildman–Crippen LogP) is 2.34. The molecule has 16 heavy (non-hydrogen) atoms. The zero-order valence-corrected chi connectivity index (χ0v) is 10.3. The number of likely N-dealkylation sites (N-methyl/N-ethyl adjacent to an activating group) is 1. The van der Waals surface area contributed by atoms with Gasteiger partial charge in [-0.3, -0.25) is 0 Å². The van der Waals surface area contributed by atoms with Gasteiger partial charge in [0.15, 0.2) is 0 Å². The molecule has 0 atom stereocenters. The topological polar surface area (TPSA) is 30.5 Å². The van der Waals surface area contributed by atoms with Gasteiger partial charge in [0.05, 0.1) is 18.2 Å². The van der Waals surface area contributed by atoms with Crippen molar-refractivity contribution in [3.63, 3.8) is 0 Å². The maximum atomic E-state index is 5.94. The van der Waals surface area contributed by atoms with Gasteiger partial charge in [-0.25, -0.2) is 0 Å². The van der Waals surface area contributed by atoms with E-state index in [2.05, 4.69) is 5.32 Å². The summed E-state index contributed by atoms with van der Waals surface area (Å²) in [5.41, 5.74) is 0. The molecular formula is C12H18ClNO2. The van der Waals surface area contributed by atoms with Crippen molar-refractivity contribution in [2.24, 2.45) is 0 Å². The highest BCUT2D eigenvalue weighted by molar-refractivity contribution is 6.32. The van der Waals surface area contributed by atoms with E-state index in [-0.39, 0.29) is 0 Å². The van der Waals surface area contributed by atoms with Crippen molar-refractivity contribution < 1.29 is 9.47 Å². The summed E-state index contributed by atoms with van der Waals surface area (Å²) in [7, 11) is 1.91. The molecule has 1 aromatic rings. The second kappa shape index (κ2) is 8.39. The molecule has 0 aliphatic carbocycles. The molecule has 1 N–H and O–H groups in total. The highest BCUT2D eigenvalue weighted by Crippen LogP contribution is 2.22. The average Bonchev–Trinajstić information content (AvgIpc) is 2.30. The Morgan fingerprint density at radius 3 is 2.75 bits per heavy atom. The normalized spacial score (nSPS) is 10.4. The quantitative estimate of drug-likeness (QED) is 0.711. The van der Waals surface area contributed by atoms with E-state index in [9.17, 15) is 0 Å². The third-order valence-corrected chi connectivity index (χ3v) is 2.34. The Morgan fingerprint density at radius 1 is 1.19 bits per heavy atom. The van der Waals surface area contributed by atoms with E-state index in [4.69, 9.17) is 21.1 Å². The van der Waals surface area contributed by atoms with E-state index in [1.165, 1.54) is 0 Å². The molecule has 4 heteroatoms. The van der Waals surface area contributed by atoms with Gasteiger partial charge in [-0.15, -0.1) is 0 Å². The van der Waals surface area contributed by atoms with Crippen LogP contribution in [0, 0.1) is 0 Å². The van der Waals surface area contributed by atoms with Gasteiger partial charge in [0.1, 0.15) is 5.75 Å². The summed E-state index contributed by atoms with van der Waals surface area (Å²) in [6.45, 7) is 2.96. The first-order chi connectivity index (χ1) is 7.84. The van der Waals surface area contributed by atoms with Gasteiger partial charge in [-0.1, -0.05) is 23.7 Å². The van der Waals surface area contributed by atoms with E-state index < -0.39 is 0 Å². The second-order valence-electron chi connectivity index (χ2n) is 3.35. The first kappa shape index (κ1) is 13.3. The number of para-hydroxylation sites is 1. The first-order valence-corrected chi connectivity index (χ1v) is 5.82. The Morgan fingerprint density at radius 2 is 2.00 bits per heavy atom. The number of rotatable bonds is 8. The van der Waals surface area contributed by atoms with E-state index >= 15 is 0 Å². The molecule has 0 spiro atoms. The van der Waals surface area contributed by atoms with Gasteiger partial charge >= 0.3 is 0 Å². The molecule has 0 aromatic heterocycles. The van der Waals surface area contributed by atoms with Crippen LogP contribution in [0.2, 0.25) is 5.02 Å². The zero-order chi connectivity index (χ0) is 11.6. The molecule has 0 unspecified atom stereocenters. The maximum Gasteiger partial charge on any atom is 0.137 e. The number of nitrogens with one attached hydrogen (secondary N) is 1. The van der Waals surface area contributed by atoms with Gasteiger partial charge in [0, 0.05) is 19.6 Å². The van der Waals surface area contributed by atoms with Crippen LogP contribution >= 0.6 is 11.6 Å². The molecule has 1 aromatic carbocycles. The average molecular weight is 244 g/mol. The van der Waals surface area contributed by atoms with Gasteiger partial charge < -0.3 is 14.8 Å². The summed E-state index contributed by atoms with van der Waals surface area (Å²) in [4.78, 5) is 0. The van der Waals surface area contributed by atoms with Crippen molar-refractivity contribution >= 4 is 11.6 Å². The van der Waals surface area contributed by atoms with Crippen molar-refractivity contribution in [2.75, 3.05) is 33.4 Å². The van der Waals surface area contributed by atoms with Crippen LogP contribution in [0.4, 0.5) is 0 Å². The highest BCUT2D eigenvalue weighted by Gasteiger charge is 1.98. The first-order valence-electron chi connectivity index (χ1n) is 5.44. The fraction of sp³-hybridized carbons (Fsp3) is 0.500. The summed E-state index contributed by atoms with van der Waals surface area (Å²) in [5, 5.41) is 3.67. The number of halogens is 1. The molecule has 0 saturated heterocycles. The second-order valence-corrected chi connectivity index (χ2v) is 3.76. The molecule has 90 valence electrons. The summed E-state index contributed by atoms with van der Waals surface area (Å²) in [6, 6.07) is 7.48. The Balaban J connectivity index is 2.05.